The first-order valence-electron chi connectivity index (χ1n) is 8.20. The first-order chi connectivity index (χ1) is 12.5. The number of carbonyl (C=O) groups is 1. The van der Waals surface area contributed by atoms with Crippen LogP contribution < -0.4 is 5.11 Å². The summed E-state index contributed by atoms with van der Waals surface area (Å²) >= 11 is 5.97. The largest absolute Gasteiger partial charge is 0.545 e. The number of carboxylic acid groups (broad SMARTS) is 1. The van der Waals surface area contributed by atoms with Gasteiger partial charge in [0.25, 0.3) is 0 Å². The summed E-state index contributed by atoms with van der Waals surface area (Å²) in [6.07, 6.45) is 1.85. The maximum absolute atomic E-state index is 10.8. The lowest BCUT2D eigenvalue weighted by molar-refractivity contribution is -0.255. The van der Waals surface area contributed by atoms with E-state index in [0.29, 0.717) is 11.6 Å². The smallest absolute Gasteiger partial charge is 0.0715 e. The molecule has 0 aliphatic rings. The molecule has 3 aromatic rings. The third-order valence-electron chi connectivity index (χ3n) is 4.25. The number of rotatable bonds is 5. The Balaban J connectivity index is 1.78. The van der Waals surface area contributed by atoms with Gasteiger partial charge in [-0.15, -0.1) is 0 Å². The van der Waals surface area contributed by atoms with Crippen LogP contribution in [-0.4, -0.2) is 16.8 Å². The van der Waals surface area contributed by atoms with E-state index in [0.717, 1.165) is 28.2 Å². The van der Waals surface area contributed by atoms with Gasteiger partial charge in [-0.05, 0) is 55.3 Å². The maximum atomic E-state index is 10.8. The van der Waals surface area contributed by atoms with Gasteiger partial charge in [-0.2, -0.15) is 0 Å². The van der Waals surface area contributed by atoms with Crippen LogP contribution in [0.5, 0.6) is 0 Å². The van der Waals surface area contributed by atoms with Gasteiger partial charge in [0.1, 0.15) is 0 Å². The van der Waals surface area contributed by atoms with Crippen LogP contribution in [0.4, 0.5) is 0 Å². The molecule has 0 saturated carbocycles. The number of hydrogen-bond donors (Lipinski definition) is 0. The molecule has 0 spiro atoms. The third-order valence-corrected chi connectivity index (χ3v) is 4.50. The number of aliphatic imine (C=N–C) groups is 1. The number of hydrogen-bond acceptors (Lipinski definition) is 3. The van der Waals surface area contributed by atoms with Crippen LogP contribution in [0.25, 0.3) is 5.69 Å². The Kier molecular flexibility index (Phi) is 5.24. The Morgan fingerprint density at radius 2 is 1.77 bits per heavy atom. The fourth-order valence-corrected chi connectivity index (χ4v) is 3.03. The number of aromatic nitrogens is 1. The van der Waals surface area contributed by atoms with Crippen LogP contribution in [0.3, 0.4) is 0 Å². The van der Waals surface area contributed by atoms with Crippen LogP contribution in [0.15, 0.2) is 59.6 Å². The van der Waals surface area contributed by atoms with Gasteiger partial charge in [-0.3, -0.25) is 4.99 Å². The molecule has 4 nitrogen and oxygen atoms in total. The molecule has 0 bridgehead atoms. The van der Waals surface area contributed by atoms with E-state index < -0.39 is 5.97 Å². The van der Waals surface area contributed by atoms with E-state index in [1.807, 2.05) is 30.5 Å². The standard InChI is InChI=1S/C21H19ClN2O2/c1-14-11-18(15(2)24(14)20-9-7-19(22)8-10-20)13-23-12-16-3-5-17(6-4-16)21(25)26/h3-11,13H,12H2,1-2H3,(H,25,26)/p-1. The highest BCUT2D eigenvalue weighted by Crippen LogP contribution is 2.21. The fourth-order valence-electron chi connectivity index (χ4n) is 2.90. The maximum Gasteiger partial charge on any atom is 0.0715 e. The molecule has 0 saturated heterocycles. The van der Waals surface area contributed by atoms with Crippen molar-refractivity contribution in [3.63, 3.8) is 0 Å². The zero-order valence-corrected chi connectivity index (χ0v) is 15.3. The first-order valence-corrected chi connectivity index (χ1v) is 8.58. The van der Waals surface area contributed by atoms with E-state index in [2.05, 4.69) is 29.5 Å². The average Bonchev–Trinajstić information content (AvgIpc) is 2.90. The van der Waals surface area contributed by atoms with Crippen molar-refractivity contribution in [2.45, 2.75) is 20.4 Å². The summed E-state index contributed by atoms with van der Waals surface area (Å²) < 4.78 is 2.16. The van der Waals surface area contributed by atoms with E-state index >= 15 is 0 Å². The summed E-state index contributed by atoms with van der Waals surface area (Å²) in [4.78, 5) is 15.3. The molecule has 1 heterocycles. The summed E-state index contributed by atoms with van der Waals surface area (Å²) in [5.41, 5.74) is 5.43. The summed E-state index contributed by atoms with van der Waals surface area (Å²) in [5.74, 6) is -1.17. The summed E-state index contributed by atoms with van der Waals surface area (Å²) in [7, 11) is 0. The van der Waals surface area contributed by atoms with Crippen molar-refractivity contribution in [3.8, 4) is 5.69 Å². The minimum absolute atomic E-state index is 0.171. The Labute approximate surface area is 157 Å². The molecule has 0 radical (unpaired) electrons. The normalized spacial score (nSPS) is 11.2. The number of benzene rings is 2. The van der Waals surface area contributed by atoms with Gasteiger partial charge in [0.15, 0.2) is 0 Å². The fraction of sp³-hybridized carbons (Fsp3) is 0.143. The van der Waals surface area contributed by atoms with Gasteiger partial charge in [0, 0.05) is 33.9 Å². The predicted molar refractivity (Wildman–Crippen MR) is 102 cm³/mol. The number of nitrogens with zero attached hydrogens (tertiary/aromatic N) is 2. The van der Waals surface area contributed by atoms with Gasteiger partial charge < -0.3 is 14.5 Å². The molecule has 0 aliphatic heterocycles. The summed E-state index contributed by atoms with van der Waals surface area (Å²) in [6, 6.07) is 16.4. The van der Waals surface area contributed by atoms with Crippen LogP contribution >= 0.6 is 11.6 Å². The number of aryl methyl sites for hydroxylation is 1. The van der Waals surface area contributed by atoms with E-state index in [-0.39, 0.29) is 5.56 Å². The second-order valence-electron chi connectivity index (χ2n) is 6.09. The number of carbonyl (C=O) groups excluding carboxylic acids is 1. The topological polar surface area (TPSA) is 57.4 Å². The van der Waals surface area contributed by atoms with Gasteiger partial charge in [0.2, 0.25) is 0 Å². The van der Waals surface area contributed by atoms with Gasteiger partial charge >= 0.3 is 0 Å². The molecule has 0 fully saturated rings. The van der Waals surface area contributed by atoms with Gasteiger partial charge in [-0.1, -0.05) is 35.9 Å². The van der Waals surface area contributed by atoms with E-state index in [4.69, 9.17) is 11.6 Å². The Morgan fingerprint density at radius 3 is 2.38 bits per heavy atom. The summed E-state index contributed by atoms with van der Waals surface area (Å²) in [6.45, 7) is 4.59. The SMILES string of the molecule is Cc1cc(C=NCc2ccc(C(=O)[O-])cc2)c(C)n1-c1ccc(Cl)cc1. The van der Waals surface area contributed by atoms with Crippen LogP contribution in [0.1, 0.15) is 32.9 Å². The summed E-state index contributed by atoms with van der Waals surface area (Å²) in [5, 5.41) is 11.5. The monoisotopic (exact) mass is 365 g/mol. The molecule has 26 heavy (non-hydrogen) atoms. The molecule has 1 aromatic heterocycles. The zero-order valence-electron chi connectivity index (χ0n) is 14.6. The molecule has 2 aromatic carbocycles. The number of aromatic carboxylic acids is 1. The predicted octanol–water partition coefficient (Wildman–Crippen LogP) is 3.73. The van der Waals surface area contributed by atoms with Crippen LogP contribution in [-0.2, 0) is 6.54 Å². The molecular formula is C21H18ClN2O2-. The van der Waals surface area contributed by atoms with Crippen molar-refractivity contribution in [1.82, 2.24) is 4.57 Å². The molecule has 0 N–H and O–H groups in total. The molecular weight excluding hydrogens is 348 g/mol. The van der Waals surface area contributed by atoms with Crippen LogP contribution in [0.2, 0.25) is 5.02 Å². The first kappa shape index (κ1) is 18.0. The van der Waals surface area contributed by atoms with E-state index in [1.165, 1.54) is 12.1 Å². The highest BCUT2D eigenvalue weighted by Gasteiger charge is 2.09. The van der Waals surface area contributed by atoms with Crippen molar-refractivity contribution in [1.29, 1.82) is 0 Å². The lowest BCUT2D eigenvalue weighted by Gasteiger charge is -2.09. The van der Waals surface area contributed by atoms with Crippen LogP contribution in [0, 0.1) is 13.8 Å². The highest BCUT2D eigenvalue weighted by atomic mass is 35.5. The lowest BCUT2D eigenvalue weighted by Crippen LogP contribution is -2.21. The Hall–Kier alpha value is -2.85. The van der Waals surface area contributed by atoms with Gasteiger partial charge in [-0.25, -0.2) is 0 Å². The minimum Gasteiger partial charge on any atom is -0.545 e. The quantitative estimate of drug-likeness (QED) is 0.647. The molecule has 5 heteroatoms. The van der Waals surface area contributed by atoms with Gasteiger partial charge in [0.05, 0.1) is 12.5 Å². The Morgan fingerprint density at radius 1 is 1.12 bits per heavy atom. The molecule has 0 aliphatic carbocycles. The second-order valence-corrected chi connectivity index (χ2v) is 6.53. The Bertz CT molecular complexity index is 955. The van der Waals surface area contributed by atoms with E-state index in [9.17, 15) is 9.90 Å². The zero-order chi connectivity index (χ0) is 18.7. The molecule has 0 atom stereocenters. The van der Waals surface area contributed by atoms with Crippen molar-refractivity contribution in [2.75, 3.05) is 0 Å². The molecule has 0 unspecified atom stereocenters. The highest BCUT2D eigenvalue weighted by molar-refractivity contribution is 6.30. The van der Waals surface area contributed by atoms with Crippen molar-refractivity contribution in [3.05, 3.63) is 87.7 Å². The molecule has 3 rings (SSSR count). The third kappa shape index (κ3) is 3.86. The number of carboxylic acids is 1. The van der Waals surface area contributed by atoms with Crippen molar-refractivity contribution >= 4 is 23.8 Å². The van der Waals surface area contributed by atoms with E-state index in [1.54, 1.807) is 12.1 Å². The molecule has 132 valence electrons. The van der Waals surface area contributed by atoms with Crippen molar-refractivity contribution in [2.24, 2.45) is 4.99 Å². The van der Waals surface area contributed by atoms with Crippen molar-refractivity contribution < 1.29 is 9.90 Å². The average molecular weight is 366 g/mol. The molecule has 0 amide bonds. The second kappa shape index (κ2) is 7.58. The number of halogens is 1. The lowest BCUT2D eigenvalue weighted by atomic mass is 10.1. The minimum atomic E-state index is -1.17.